The first-order valence-corrected chi connectivity index (χ1v) is 15.0. The summed E-state index contributed by atoms with van der Waals surface area (Å²) in [7, 11) is 0. The zero-order valence-electron chi connectivity index (χ0n) is 27.0. The summed E-state index contributed by atoms with van der Waals surface area (Å²) in [5.74, 6) is -1.42. The van der Waals surface area contributed by atoms with Gasteiger partial charge in [-0.25, -0.2) is 14.4 Å². The number of rotatable bonds is 15. The maximum absolute atomic E-state index is 12.8. The first-order chi connectivity index (χ1) is 21.9. The third kappa shape index (κ3) is 9.92. The fourth-order valence-corrected chi connectivity index (χ4v) is 4.17. The highest BCUT2D eigenvalue weighted by molar-refractivity contribution is 5.92. The lowest BCUT2D eigenvalue weighted by molar-refractivity contribution is -0.148. The molecule has 0 amide bonds. The van der Waals surface area contributed by atoms with Crippen molar-refractivity contribution in [2.75, 3.05) is 26.4 Å². The molecule has 0 aromatic heterocycles. The molecule has 9 nitrogen and oxygen atoms in total. The Bertz CT molecular complexity index is 1600. The molecule has 0 aliphatic rings. The number of carbonyl (C=O) groups is 4. The van der Waals surface area contributed by atoms with Crippen LogP contribution in [0.3, 0.4) is 0 Å². The average Bonchev–Trinajstić information content (AvgIpc) is 3.04. The molecule has 3 rings (SSSR count). The highest BCUT2D eigenvalue weighted by atomic mass is 16.6. The number of benzene rings is 3. The van der Waals surface area contributed by atoms with Gasteiger partial charge in [-0.05, 0) is 72.9 Å². The van der Waals surface area contributed by atoms with Gasteiger partial charge in [0.1, 0.15) is 37.9 Å². The molecule has 242 valence electrons. The summed E-state index contributed by atoms with van der Waals surface area (Å²) < 4.78 is 26.9. The van der Waals surface area contributed by atoms with E-state index in [-0.39, 0.29) is 49.5 Å². The highest BCUT2D eigenvalue weighted by Gasteiger charge is 2.17. The van der Waals surface area contributed by atoms with Gasteiger partial charge >= 0.3 is 23.9 Å². The molecule has 0 N–H and O–H groups in total. The number of carbonyl (C=O) groups excluding carboxylic acids is 4. The van der Waals surface area contributed by atoms with Crippen LogP contribution in [0.4, 0.5) is 0 Å². The molecule has 0 heterocycles. The molecule has 0 unspecified atom stereocenters. The van der Waals surface area contributed by atoms with Gasteiger partial charge in [0.05, 0.1) is 11.5 Å². The largest absolute Gasteiger partial charge is 0.489 e. The van der Waals surface area contributed by atoms with Crippen molar-refractivity contribution in [2.45, 2.75) is 41.0 Å². The van der Waals surface area contributed by atoms with Crippen LogP contribution in [0.2, 0.25) is 0 Å². The van der Waals surface area contributed by atoms with Gasteiger partial charge in [0, 0.05) is 16.7 Å². The van der Waals surface area contributed by atoms with E-state index >= 15 is 0 Å². The van der Waals surface area contributed by atoms with Gasteiger partial charge in [0.25, 0.3) is 0 Å². The lowest BCUT2D eigenvalue weighted by Crippen LogP contribution is -2.17. The summed E-state index contributed by atoms with van der Waals surface area (Å²) in [6.07, 6.45) is 0.704. The highest BCUT2D eigenvalue weighted by Crippen LogP contribution is 2.36. The smallest absolute Gasteiger partial charge is 0.338 e. The molecule has 0 saturated carbocycles. The van der Waals surface area contributed by atoms with Crippen molar-refractivity contribution in [1.82, 2.24) is 0 Å². The Balaban J connectivity index is 1.86. The van der Waals surface area contributed by atoms with E-state index in [2.05, 4.69) is 19.2 Å². The number of ether oxygens (including phenoxy) is 5. The molecular weight excluding hydrogens is 588 g/mol. The SMILES string of the molecule is C=C(C)C(=O)OCCOC(=O)c1ccc(-c2ccc(-c3ccc(OC(=O)C(=C)C)cc3)cc2CC)c(OCCOC(=O)C(C)C)c1. The first-order valence-electron chi connectivity index (χ1n) is 15.0. The van der Waals surface area contributed by atoms with Gasteiger partial charge in [0.2, 0.25) is 0 Å². The summed E-state index contributed by atoms with van der Waals surface area (Å²) in [5, 5.41) is 0. The molecule has 0 aliphatic carbocycles. The van der Waals surface area contributed by atoms with Gasteiger partial charge < -0.3 is 23.7 Å². The summed E-state index contributed by atoms with van der Waals surface area (Å²) >= 11 is 0. The second-order valence-electron chi connectivity index (χ2n) is 10.9. The molecule has 3 aromatic carbocycles. The zero-order chi connectivity index (χ0) is 33.8. The lowest BCUT2D eigenvalue weighted by Gasteiger charge is -2.17. The zero-order valence-corrected chi connectivity index (χ0v) is 27.0. The molecule has 3 aromatic rings. The quantitative estimate of drug-likeness (QED) is 0.0582. The van der Waals surface area contributed by atoms with Crippen LogP contribution in [0.15, 0.2) is 85.0 Å². The van der Waals surface area contributed by atoms with Crippen LogP contribution in [-0.2, 0) is 35.0 Å². The Labute approximate surface area is 269 Å². The second-order valence-corrected chi connectivity index (χ2v) is 10.9. The minimum absolute atomic E-state index is 0.0382. The van der Waals surface area contributed by atoms with Crippen molar-refractivity contribution >= 4 is 23.9 Å². The number of esters is 4. The van der Waals surface area contributed by atoms with Crippen molar-refractivity contribution in [2.24, 2.45) is 5.92 Å². The number of hydrogen-bond donors (Lipinski definition) is 0. The topological polar surface area (TPSA) is 114 Å². The first kappa shape index (κ1) is 35.3. The average molecular weight is 629 g/mol. The van der Waals surface area contributed by atoms with E-state index in [1.165, 1.54) is 6.92 Å². The summed E-state index contributed by atoms with van der Waals surface area (Å²) in [6, 6.07) is 18.3. The van der Waals surface area contributed by atoms with Crippen LogP contribution in [0.1, 0.15) is 50.5 Å². The van der Waals surface area contributed by atoms with Gasteiger partial charge in [-0.3, -0.25) is 4.79 Å². The van der Waals surface area contributed by atoms with E-state index in [1.54, 1.807) is 51.1 Å². The van der Waals surface area contributed by atoms with Crippen molar-refractivity contribution in [3.8, 4) is 33.8 Å². The summed E-state index contributed by atoms with van der Waals surface area (Å²) in [4.78, 5) is 48.2. The summed E-state index contributed by atoms with van der Waals surface area (Å²) in [6.45, 7) is 15.7. The molecule has 0 fully saturated rings. The van der Waals surface area contributed by atoms with Crippen LogP contribution in [-0.4, -0.2) is 50.3 Å². The molecule has 0 bridgehead atoms. The Kier molecular flexibility index (Phi) is 12.9. The van der Waals surface area contributed by atoms with Crippen LogP contribution < -0.4 is 9.47 Å². The fourth-order valence-electron chi connectivity index (χ4n) is 4.17. The molecule has 0 saturated heterocycles. The van der Waals surface area contributed by atoms with E-state index in [0.717, 1.165) is 27.8 Å². The van der Waals surface area contributed by atoms with E-state index < -0.39 is 17.9 Å². The molecule has 0 aliphatic heterocycles. The third-order valence-electron chi connectivity index (χ3n) is 6.70. The van der Waals surface area contributed by atoms with Crippen molar-refractivity contribution < 1.29 is 42.9 Å². The minimum atomic E-state index is -0.613. The Morgan fingerprint density at radius 3 is 1.93 bits per heavy atom. The fraction of sp³-hybridized carbons (Fsp3) is 0.297. The summed E-state index contributed by atoms with van der Waals surface area (Å²) in [5.41, 5.74) is 5.39. The van der Waals surface area contributed by atoms with Crippen molar-refractivity contribution in [1.29, 1.82) is 0 Å². The molecule has 0 radical (unpaired) electrons. The van der Waals surface area contributed by atoms with Crippen LogP contribution in [0, 0.1) is 5.92 Å². The predicted octanol–water partition coefficient (Wildman–Crippen LogP) is 6.92. The predicted molar refractivity (Wildman–Crippen MR) is 174 cm³/mol. The number of aryl methyl sites for hydroxylation is 1. The van der Waals surface area contributed by atoms with Crippen LogP contribution >= 0.6 is 0 Å². The third-order valence-corrected chi connectivity index (χ3v) is 6.70. The Morgan fingerprint density at radius 1 is 0.696 bits per heavy atom. The van der Waals surface area contributed by atoms with E-state index in [1.807, 2.05) is 31.2 Å². The van der Waals surface area contributed by atoms with Crippen molar-refractivity contribution in [3.05, 3.63) is 96.1 Å². The van der Waals surface area contributed by atoms with E-state index in [4.69, 9.17) is 23.7 Å². The Morgan fingerprint density at radius 2 is 1.30 bits per heavy atom. The Hall–Kier alpha value is -5.18. The van der Waals surface area contributed by atoms with E-state index in [0.29, 0.717) is 23.5 Å². The monoisotopic (exact) mass is 628 g/mol. The molecule has 9 heteroatoms. The molecule has 46 heavy (non-hydrogen) atoms. The van der Waals surface area contributed by atoms with E-state index in [9.17, 15) is 19.2 Å². The van der Waals surface area contributed by atoms with Gasteiger partial charge in [-0.1, -0.05) is 64.3 Å². The lowest BCUT2D eigenvalue weighted by atomic mass is 9.92. The van der Waals surface area contributed by atoms with Crippen LogP contribution in [0.5, 0.6) is 11.5 Å². The maximum atomic E-state index is 12.8. The maximum Gasteiger partial charge on any atom is 0.338 e. The normalized spacial score (nSPS) is 10.6. The number of hydrogen-bond acceptors (Lipinski definition) is 9. The minimum Gasteiger partial charge on any atom is -0.489 e. The molecule has 0 spiro atoms. The van der Waals surface area contributed by atoms with Crippen LogP contribution in [0.25, 0.3) is 22.3 Å². The second kappa shape index (κ2) is 16.8. The standard InChI is InChI=1S/C37H40O9/c1-8-26-21-28(27-9-13-30(14-10-27)46-36(40)25(6)7)11-15-31(26)32-16-12-29(37(41)45-20-19-44-35(39)24(4)5)22-33(32)42-17-18-43-34(38)23(2)3/h9-16,21-23H,4,6,8,17-20H2,1-3,5,7H3. The van der Waals surface area contributed by atoms with Gasteiger partial charge in [-0.15, -0.1) is 0 Å². The molecule has 0 atom stereocenters. The van der Waals surface area contributed by atoms with Gasteiger partial charge in [-0.2, -0.15) is 0 Å². The van der Waals surface area contributed by atoms with Crippen molar-refractivity contribution in [3.63, 3.8) is 0 Å². The van der Waals surface area contributed by atoms with Gasteiger partial charge in [0.15, 0.2) is 0 Å². The molecular formula is C37H40O9.